The number of rotatable bonds is 1. The van der Waals surface area contributed by atoms with Gasteiger partial charge in [-0.15, -0.1) is 11.6 Å². The molecule has 0 saturated heterocycles. The molecule has 1 aromatic rings. The van der Waals surface area contributed by atoms with E-state index in [4.69, 9.17) is 16.3 Å². The second-order valence-electron chi connectivity index (χ2n) is 2.66. The zero-order chi connectivity index (χ0) is 9.26. The minimum absolute atomic E-state index is 0.299. The van der Waals surface area contributed by atoms with Crippen molar-refractivity contribution in [3.8, 4) is 0 Å². The number of benzene rings is 1. The van der Waals surface area contributed by atoms with Crippen LogP contribution in [0.4, 0.5) is 0 Å². The van der Waals surface area contributed by atoms with Crippen molar-refractivity contribution in [3.63, 3.8) is 0 Å². The molecule has 0 aromatic heterocycles. The summed E-state index contributed by atoms with van der Waals surface area (Å²) in [6.45, 7) is 0. The molecule has 0 bridgehead atoms. The number of hydrogen-bond acceptors (Lipinski definition) is 2. The number of hydrogen-bond donors (Lipinski definition) is 0. The van der Waals surface area contributed by atoms with Gasteiger partial charge < -0.3 is 4.74 Å². The Labute approximate surface area is 80.8 Å². The molecular weight excluding hydrogens is 188 g/mol. The van der Waals surface area contributed by atoms with Gasteiger partial charge in [-0.1, -0.05) is 18.2 Å². The molecule has 0 unspecified atom stereocenters. The predicted octanol–water partition coefficient (Wildman–Crippen LogP) is 2.44. The maximum Gasteiger partial charge on any atom is 0.344 e. The number of cyclic esters (lactones) is 1. The van der Waals surface area contributed by atoms with Crippen LogP contribution < -0.4 is 0 Å². The SMILES string of the molecule is O=C1O/C(=C/CCl)c2ccccc21. The van der Waals surface area contributed by atoms with Gasteiger partial charge in [0.1, 0.15) is 5.76 Å². The normalized spacial score (nSPS) is 17.3. The molecule has 0 amide bonds. The summed E-state index contributed by atoms with van der Waals surface area (Å²) >= 11 is 5.53. The van der Waals surface area contributed by atoms with Crippen LogP contribution in [0.25, 0.3) is 5.76 Å². The van der Waals surface area contributed by atoms with E-state index in [-0.39, 0.29) is 5.97 Å². The van der Waals surface area contributed by atoms with E-state index in [1.54, 1.807) is 12.1 Å². The summed E-state index contributed by atoms with van der Waals surface area (Å²) in [5.41, 5.74) is 1.44. The Morgan fingerprint density at radius 3 is 2.69 bits per heavy atom. The molecule has 0 N–H and O–H groups in total. The summed E-state index contributed by atoms with van der Waals surface area (Å²) in [5.74, 6) is 0.610. The molecule has 66 valence electrons. The molecule has 1 aliphatic heterocycles. The number of carbonyl (C=O) groups is 1. The number of allylic oxidation sites excluding steroid dienone is 1. The quantitative estimate of drug-likeness (QED) is 0.507. The Morgan fingerprint density at radius 2 is 2.00 bits per heavy atom. The van der Waals surface area contributed by atoms with Gasteiger partial charge >= 0.3 is 5.97 Å². The number of halogens is 1. The van der Waals surface area contributed by atoms with E-state index >= 15 is 0 Å². The van der Waals surface area contributed by atoms with Crippen LogP contribution in [0.3, 0.4) is 0 Å². The fraction of sp³-hybridized carbons (Fsp3) is 0.100. The number of alkyl halides is 1. The van der Waals surface area contributed by atoms with Crippen molar-refractivity contribution in [2.75, 3.05) is 5.88 Å². The van der Waals surface area contributed by atoms with E-state index in [9.17, 15) is 4.79 Å². The molecule has 0 radical (unpaired) electrons. The lowest BCUT2D eigenvalue weighted by Crippen LogP contribution is -1.92. The van der Waals surface area contributed by atoms with Crippen LogP contribution in [-0.4, -0.2) is 11.8 Å². The maximum absolute atomic E-state index is 11.2. The maximum atomic E-state index is 11.2. The fourth-order valence-corrected chi connectivity index (χ4v) is 1.45. The van der Waals surface area contributed by atoms with Crippen molar-refractivity contribution in [3.05, 3.63) is 41.5 Å². The fourth-order valence-electron chi connectivity index (χ4n) is 1.31. The van der Waals surface area contributed by atoms with Gasteiger partial charge in [-0.05, 0) is 12.1 Å². The Bertz CT molecular complexity index is 382. The molecule has 0 fully saturated rings. The molecule has 3 heteroatoms. The average molecular weight is 195 g/mol. The molecule has 13 heavy (non-hydrogen) atoms. The van der Waals surface area contributed by atoms with E-state index in [1.807, 2.05) is 18.2 Å². The van der Waals surface area contributed by atoms with Gasteiger partial charge in [0.2, 0.25) is 0 Å². The minimum atomic E-state index is -0.299. The molecule has 1 heterocycles. The second kappa shape index (κ2) is 3.23. The minimum Gasteiger partial charge on any atom is -0.423 e. The summed E-state index contributed by atoms with van der Waals surface area (Å²) in [4.78, 5) is 11.2. The molecule has 1 aliphatic rings. The first kappa shape index (κ1) is 8.32. The van der Waals surface area contributed by atoms with Crippen molar-refractivity contribution in [2.45, 2.75) is 0 Å². The monoisotopic (exact) mass is 194 g/mol. The summed E-state index contributed by atoms with van der Waals surface area (Å²) in [7, 11) is 0. The topological polar surface area (TPSA) is 26.3 Å². The van der Waals surface area contributed by atoms with E-state index in [0.717, 1.165) is 5.56 Å². The third-order valence-corrected chi connectivity index (χ3v) is 2.03. The van der Waals surface area contributed by atoms with Gasteiger partial charge in [0.25, 0.3) is 0 Å². The van der Waals surface area contributed by atoms with Gasteiger partial charge in [-0.3, -0.25) is 0 Å². The molecule has 2 rings (SSSR count). The highest BCUT2D eigenvalue weighted by Gasteiger charge is 2.24. The third-order valence-electron chi connectivity index (χ3n) is 1.88. The van der Waals surface area contributed by atoms with Crippen LogP contribution in [-0.2, 0) is 4.74 Å². The van der Waals surface area contributed by atoms with Crippen molar-refractivity contribution in [2.24, 2.45) is 0 Å². The van der Waals surface area contributed by atoms with E-state index < -0.39 is 0 Å². The number of carbonyl (C=O) groups excluding carboxylic acids is 1. The van der Waals surface area contributed by atoms with Crippen molar-refractivity contribution >= 4 is 23.3 Å². The number of fused-ring (bicyclic) bond motifs is 1. The molecular formula is C10H7ClO2. The highest BCUT2D eigenvalue weighted by atomic mass is 35.5. The standard InChI is InChI=1S/C10H7ClO2/c11-6-5-9-7-3-1-2-4-8(7)10(12)13-9/h1-5H,6H2/b9-5+. The first-order chi connectivity index (χ1) is 6.33. The third kappa shape index (κ3) is 1.33. The van der Waals surface area contributed by atoms with Crippen molar-refractivity contribution < 1.29 is 9.53 Å². The summed E-state index contributed by atoms with van der Waals surface area (Å²) in [5, 5.41) is 0. The highest BCUT2D eigenvalue weighted by molar-refractivity contribution is 6.19. The van der Waals surface area contributed by atoms with Crippen LogP contribution in [0.2, 0.25) is 0 Å². The van der Waals surface area contributed by atoms with E-state index in [2.05, 4.69) is 0 Å². The molecule has 0 spiro atoms. The highest BCUT2D eigenvalue weighted by Crippen LogP contribution is 2.28. The lowest BCUT2D eigenvalue weighted by atomic mass is 10.1. The molecule has 0 saturated carbocycles. The first-order valence-electron chi connectivity index (χ1n) is 3.90. The second-order valence-corrected chi connectivity index (χ2v) is 2.97. The molecule has 0 atom stereocenters. The molecule has 1 aromatic carbocycles. The molecule has 0 aliphatic carbocycles. The van der Waals surface area contributed by atoms with E-state index in [1.165, 1.54) is 0 Å². The summed E-state index contributed by atoms with van der Waals surface area (Å²) in [6.07, 6.45) is 1.69. The van der Waals surface area contributed by atoms with Crippen molar-refractivity contribution in [1.29, 1.82) is 0 Å². The Balaban J connectivity index is 2.53. The van der Waals surface area contributed by atoms with Gasteiger partial charge in [0.05, 0.1) is 5.56 Å². The zero-order valence-electron chi connectivity index (χ0n) is 6.79. The predicted molar refractivity (Wildman–Crippen MR) is 50.6 cm³/mol. The van der Waals surface area contributed by atoms with Gasteiger partial charge in [0.15, 0.2) is 0 Å². The van der Waals surface area contributed by atoms with Gasteiger partial charge in [-0.2, -0.15) is 0 Å². The number of ether oxygens (including phenoxy) is 1. The first-order valence-corrected chi connectivity index (χ1v) is 4.44. The summed E-state index contributed by atoms with van der Waals surface area (Å²) < 4.78 is 5.01. The van der Waals surface area contributed by atoms with Gasteiger partial charge in [-0.25, -0.2) is 4.79 Å². The van der Waals surface area contributed by atoms with E-state index in [0.29, 0.717) is 17.2 Å². The van der Waals surface area contributed by atoms with Crippen LogP contribution >= 0.6 is 11.6 Å². The van der Waals surface area contributed by atoms with Crippen LogP contribution in [0.15, 0.2) is 30.3 Å². The van der Waals surface area contributed by atoms with Crippen molar-refractivity contribution in [1.82, 2.24) is 0 Å². The van der Waals surface area contributed by atoms with Crippen LogP contribution in [0.5, 0.6) is 0 Å². The molecule has 2 nitrogen and oxygen atoms in total. The average Bonchev–Trinajstić information content (AvgIpc) is 2.46. The lowest BCUT2D eigenvalue weighted by Gasteiger charge is -1.94. The van der Waals surface area contributed by atoms with Crippen LogP contribution in [0.1, 0.15) is 15.9 Å². The largest absolute Gasteiger partial charge is 0.423 e. The smallest absolute Gasteiger partial charge is 0.344 e. The van der Waals surface area contributed by atoms with Crippen LogP contribution in [0, 0.1) is 0 Å². The Kier molecular flexibility index (Phi) is 2.07. The lowest BCUT2D eigenvalue weighted by molar-refractivity contribution is 0.0715. The number of esters is 1. The Morgan fingerprint density at radius 1 is 1.31 bits per heavy atom. The van der Waals surface area contributed by atoms with Gasteiger partial charge in [0, 0.05) is 11.4 Å². The zero-order valence-corrected chi connectivity index (χ0v) is 7.54. The Hall–Kier alpha value is -1.28. The summed E-state index contributed by atoms with van der Waals surface area (Å²) in [6, 6.07) is 7.26.